The zero-order valence-corrected chi connectivity index (χ0v) is 12.7. The fourth-order valence-corrected chi connectivity index (χ4v) is 2.02. The number of hydrogen-bond acceptors (Lipinski definition) is 4. The third kappa shape index (κ3) is 4.32. The summed E-state index contributed by atoms with van der Waals surface area (Å²) >= 11 is 0. The predicted octanol–water partition coefficient (Wildman–Crippen LogP) is 3.11. The van der Waals surface area contributed by atoms with Gasteiger partial charge in [0.1, 0.15) is 11.5 Å². The maximum absolute atomic E-state index is 12.3. The van der Waals surface area contributed by atoms with Gasteiger partial charge in [0.05, 0.1) is 18.1 Å². The van der Waals surface area contributed by atoms with Gasteiger partial charge in [0.25, 0.3) is 0 Å². The normalized spacial score (nSPS) is 11.7. The Bertz CT molecular complexity index is 694. The second kappa shape index (κ2) is 7.45. The highest BCUT2D eigenvalue weighted by Crippen LogP contribution is 2.26. The van der Waals surface area contributed by atoms with Gasteiger partial charge >= 0.3 is 5.97 Å². The summed E-state index contributed by atoms with van der Waals surface area (Å²) in [5.41, 5.74) is 0.689. The van der Waals surface area contributed by atoms with Crippen molar-refractivity contribution in [3.05, 3.63) is 59.7 Å². The summed E-state index contributed by atoms with van der Waals surface area (Å²) in [7, 11) is 0. The summed E-state index contributed by atoms with van der Waals surface area (Å²) in [4.78, 5) is 23.0. The van der Waals surface area contributed by atoms with E-state index in [1.54, 1.807) is 37.3 Å². The Balaban J connectivity index is 2.03. The first-order chi connectivity index (χ1) is 11.0. The molecule has 0 aliphatic rings. The predicted molar refractivity (Wildman–Crippen MR) is 84.9 cm³/mol. The first kappa shape index (κ1) is 16.5. The summed E-state index contributed by atoms with van der Waals surface area (Å²) in [6.45, 7) is 1.82. The molecule has 0 amide bonds. The molecule has 0 heterocycles. The molecule has 0 saturated carbocycles. The van der Waals surface area contributed by atoms with Crippen LogP contribution in [0.2, 0.25) is 0 Å². The molecule has 0 aliphatic carbocycles. The van der Waals surface area contributed by atoms with Crippen LogP contribution in [0.4, 0.5) is 0 Å². The minimum atomic E-state index is -0.875. The van der Waals surface area contributed by atoms with Gasteiger partial charge in [0.15, 0.2) is 5.78 Å². The van der Waals surface area contributed by atoms with Gasteiger partial charge in [-0.1, -0.05) is 37.3 Å². The van der Waals surface area contributed by atoms with Crippen LogP contribution < -0.4 is 4.74 Å². The van der Waals surface area contributed by atoms with Crippen LogP contribution in [0.25, 0.3) is 0 Å². The van der Waals surface area contributed by atoms with E-state index < -0.39 is 11.9 Å². The number of rotatable bonds is 7. The number of carbonyl (C=O) groups excluding carboxylic acids is 1. The average molecular weight is 314 g/mol. The summed E-state index contributed by atoms with van der Waals surface area (Å²) in [6.07, 6.45) is 0.362. The van der Waals surface area contributed by atoms with Gasteiger partial charge in [-0.3, -0.25) is 9.59 Å². The minimum Gasteiger partial charge on any atom is -0.507 e. The summed E-state index contributed by atoms with van der Waals surface area (Å²) in [6, 6.07) is 13.1. The van der Waals surface area contributed by atoms with E-state index in [2.05, 4.69) is 0 Å². The van der Waals surface area contributed by atoms with Crippen LogP contribution in [0.15, 0.2) is 48.5 Å². The van der Waals surface area contributed by atoms with Crippen molar-refractivity contribution in [3.8, 4) is 11.5 Å². The van der Waals surface area contributed by atoms with Crippen molar-refractivity contribution in [1.29, 1.82) is 0 Å². The Morgan fingerprint density at radius 1 is 1.13 bits per heavy atom. The molecule has 0 aliphatic heterocycles. The molecule has 0 fully saturated rings. The van der Waals surface area contributed by atoms with E-state index in [0.717, 1.165) is 0 Å². The highest BCUT2D eigenvalue weighted by atomic mass is 16.5. The molecule has 2 aromatic rings. The van der Waals surface area contributed by atoms with Crippen LogP contribution in [0.3, 0.4) is 0 Å². The van der Waals surface area contributed by atoms with Crippen LogP contribution in [-0.2, 0) is 4.79 Å². The maximum Gasteiger partial charge on any atom is 0.306 e. The van der Waals surface area contributed by atoms with E-state index in [9.17, 15) is 14.7 Å². The molecule has 2 N–H and O–H groups in total. The Kier molecular flexibility index (Phi) is 5.36. The number of ether oxygens (including phenoxy) is 1. The van der Waals surface area contributed by atoms with Crippen molar-refractivity contribution in [2.45, 2.75) is 13.3 Å². The molecule has 5 heteroatoms. The van der Waals surface area contributed by atoms with E-state index in [1.165, 1.54) is 12.1 Å². The zero-order chi connectivity index (χ0) is 16.8. The van der Waals surface area contributed by atoms with Gasteiger partial charge < -0.3 is 14.9 Å². The third-order valence-electron chi connectivity index (χ3n) is 3.49. The Morgan fingerprint density at radius 3 is 2.43 bits per heavy atom. The van der Waals surface area contributed by atoms with Crippen molar-refractivity contribution in [2.75, 3.05) is 6.61 Å². The number of hydrogen-bond donors (Lipinski definition) is 2. The maximum atomic E-state index is 12.3. The van der Waals surface area contributed by atoms with Crippen LogP contribution in [-0.4, -0.2) is 28.6 Å². The molecular weight excluding hydrogens is 296 g/mol. The van der Waals surface area contributed by atoms with E-state index >= 15 is 0 Å². The van der Waals surface area contributed by atoms with Crippen molar-refractivity contribution >= 4 is 11.8 Å². The second-order valence-electron chi connectivity index (χ2n) is 5.25. The Morgan fingerprint density at radius 2 is 1.83 bits per heavy atom. The Labute approximate surface area is 134 Å². The number of aliphatic carboxylic acids is 1. The van der Waals surface area contributed by atoms with Crippen molar-refractivity contribution in [1.82, 2.24) is 0 Å². The fourth-order valence-electron chi connectivity index (χ4n) is 2.02. The molecule has 2 aromatic carbocycles. The highest BCUT2D eigenvalue weighted by Gasteiger charge is 2.15. The molecule has 1 atom stereocenters. The largest absolute Gasteiger partial charge is 0.507 e. The summed E-state index contributed by atoms with van der Waals surface area (Å²) in [5, 5.41) is 18.8. The standard InChI is InChI=1S/C18H18O5/c1-12(18(21)22)9-10-23-14-7-8-15(16(19)11-14)17(20)13-5-3-2-4-6-13/h2-8,11-12,19H,9-10H2,1H3,(H,21,22). The zero-order valence-electron chi connectivity index (χ0n) is 12.7. The quantitative estimate of drug-likeness (QED) is 0.767. The molecule has 2 rings (SSSR count). The van der Waals surface area contributed by atoms with Crippen molar-refractivity contribution in [3.63, 3.8) is 0 Å². The molecular formula is C18H18O5. The number of aromatic hydroxyl groups is 1. The average Bonchev–Trinajstić information content (AvgIpc) is 2.55. The molecule has 0 radical (unpaired) electrons. The molecule has 1 unspecified atom stereocenters. The van der Waals surface area contributed by atoms with Crippen LogP contribution in [0.1, 0.15) is 29.3 Å². The van der Waals surface area contributed by atoms with Gasteiger partial charge in [-0.05, 0) is 18.6 Å². The lowest BCUT2D eigenvalue weighted by Gasteiger charge is -2.10. The smallest absolute Gasteiger partial charge is 0.306 e. The number of phenols is 1. The molecule has 120 valence electrons. The first-order valence-corrected chi connectivity index (χ1v) is 7.27. The third-order valence-corrected chi connectivity index (χ3v) is 3.49. The SMILES string of the molecule is CC(CCOc1ccc(C(=O)c2ccccc2)c(O)c1)C(=O)O. The number of ketones is 1. The lowest BCUT2D eigenvalue weighted by Crippen LogP contribution is -2.13. The van der Waals surface area contributed by atoms with Gasteiger partial charge in [-0.25, -0.2) is 0 Å². The van der Waals surface area contributed by atoms with Crippen molar-refractivity contribution in [2.24, 2.45) is 5.92 Å². The van der Waals surface area contributed by atoms with Crippen LogP contribution >= 0.6 is 0 Å². The molecule has 0 aromatic heterocycles. The first-order valence-electron chi connectivity index (χ1n) is 7.27. The van der Waals surface area contributed by atoms with Gasteiger partial charge in [0, 0.05) is 11.6 Å². The number of carboxylic acid groups (broad SMARTS) is 1. The van der Waals surface area contributed by atoms with E-state index in [1.807, 2.05) is 6.07 Å². The lowest BCUT2D eigenvalue weighted by molar-refractivity contribution is -0.141. The Hall–Kier alpha value is -2.82. The second-order valence-corrected chi connectivity index (χ2v) is 5.25. The van der Waals surface area contributed by atoms with Crippen LogP contribution in [0, 0.1) is 5.92 Å². The van der Waals surface area contributed by atoms with E-state index in [-0.39, 0.29) is 23.7 Å². The number of carboxylic acids is 1. The molecule has 0 spiro atoms. The lowest BCUT2D eigenvalue weighted by atomic mass is 10.0. The number of carbonyl (C=O) groups is 2. The topological polar surface area (TPSA) is 83.8 Å². The van der Waals surface area contributed by atoms with E-state index in [0.29, 0.717) is 17.7 Å². The number of phenolic OH excluding ortho intramolecular Hbond substituents is 1. The van der Waals surface area contributed by atoms with E-state index in [4.69, 9.17) is 9.84 Å². The summed E-state index contributed by atoms with van der Waals surface area (Å²) < 4.78 is 5.41. The molecule has 23 heavy (non-hydrogen) atoms. The van der Waals surface area contributed by atoms with Gasteiger partial charge in [-0.2, -0.15) is 0 Å². The highest BCUT2D eigenvalue weighted by molar-refractivity contribution is 6.10. The van der Waals surface area contributed by atoms with Gasteiger partial charge in [-0.15, -0.1) is 0 Å². The minimum absolute atomic E-state index is 0.164. The molecule has 0 bridgehead atoms. The monoisotopic (exact) mass is 314 g/mol. The fraction of sp³-hybridized carbons (Fsp3) is 0.222. The van der Waals surface area contributed by atoms with Crippen LogP contribution in [0.5, 0.6) is 11.5 Å². The molecule has 0 saturated heterocycles. The summed E-state index contributed by atoms with van der Waals surface area (Å²) in [5.74, 6) is -1.41. The van der Waals surface area contributed by atoms with Crippen molar-refractivity contribution < 1.29 is 24.5 Å². The number of benzene rings is 2. The molecule has 5 nitrogen and oxygen atoms in total. The van der Waals surface area contributed by atoms with Gasteiger partial charge in [0.2, 0.25) is 0 Å².